The van der Waals surface area contributed by atoms with Crippen molar-refractivity contribution >= 4 is 23.8 Å². The van der Waals surface area contributed by atoms with Crippen LogP contribution in [0.3, 0.4) is 0 Å². The van der Waals surface area contributed by atoms with Gasteiger partial charge in [0.25, 0.3) is 5.91 Å². The predicted octanol–water partition coefficient (Wildman–Crippen LogP) is -1.09. The first kappa shape index (κ1) is 16.9. The molecule has 21 heavy (non-hydrogen) atoms. The number of carbonyl (C=O) groups is 4. The number of primary amides is 1. The maximum atomic E-state index is 11.8. The average Bonchev–Trinajstić information content (AvgIpc) is 2.38. The Hall–Kier alpha value is -2.16. The number of hydrogen-bond donors (Lipinski definition) is 3. The van der Waals surface area contributed by atoms with Crippen LogP contribution in [-0.4, -0.2) is 60.1 Å². The maximum Gasteiger partial charge on any atom is 0.329 e. The molecule has 118 valence electrons. The quantitative estimate of drug-likeness (QED) is 0.569. The summed E-state index contributed by atoms with van der Waals surface area (Å²) in [5.74, 6) is -2.07. The van der Waals surface area contributed by atoms with Crippen LogP contribution in [0.5, 0.6) is 0 Å². The molecule has 0 aromatic rings. The van der Waals surface area contributed by atoms with Crippen molar-refractivity contribution in [2.45, 2.75) is 19.3 Å². The topological polar surface area (TPSA) is 139 Å². The standard InChI is InChI=1S/C12H19N3O6/c13-9(16)5-8-1-3-15(4-2-8)12(20)14-10(17)6-21-7-11(18)19/h8H,1-7H2,(H2,13,16)(H,18,19)(H,14,17,20). The number of nitrogens with one attached hydrogen (secondary N) is 1. The zero-order chi connectivity index (χ0) is 15.8. The van der Waals surface area contributed by atoms with Gasteiger partial charge < -0.3 is 20.5 Å². The predicted molar refractivity (Wildman–Crippen MR) is 70.1 cm³/mol. The van der Waals surface area contributed by atoms with Gasteiger partial charge in [0.2, 0.25) is 5.91 Å². The number of rotatable bonds is 6. The summed E-state index contributed by atoms with van der Waals surface area (Å²) in [5.41, 5.74) is 5.12. The van der Waals surface area contributed by atoms with Gasteiger partial charge in [0.15, 0.2) is 0 Å². The van der Waals surface area contributed by atoms with Gasteiger partial charge in [-0.05, 0) is 18.8 Å². The van der Waals surface area contributed by atoms with E-state index in [0.29, 0.717) is 32.4 Å². The number of imide groups is 1. The number of carbonyl (C=O) groups excluding carboxylic acids is 3. The number of hydrogen-bond acceptors (Lipinski definition) is 5. The van der Waals surface area contributed by atoms with Gasteiger partial charge in [0, 0.05) is 19.5 Å². The number of nitrogens with zero attached hydrogens (tertiary/aromatic N) is 1. The minimum absolute atomic E-state index is 0.168. The van der Waals surface area contributed by atoms with E-state index in [1.165, 1.54) is 4.90 Å². The van der Waals surface area contributed by atoms with Crippen LogP contribution in [0.2, 0.25) is 0 Å². The fourth-order valence-corrected chi connectivity index (χ4v) is 2.09. The van der Waals surface area contributed by atoms with Crippen molar-refractivity contribution in [3.8, 4) is 0 Å². The van der Waals surface area contributed by atoms with Crippen LogP contribution in [0.1, 0.15) is 19.3 Å². The minimum Gasteiger partial charge on any atom is -0.480 e. The summed E-state index contributed by atoms with van der Waals surface area (Å²) in [4.78, 5) is 45.6. The number of carboxylic acids is 1. The van der Waals surface area contributed by atoms with Crippen LogP contribution < -0.4 is 11.1 Å². The first-order chi connectivity index (χ1) is 9.88. The number of likely N-dealkylation sites (tertiary alicyclic amines) is 1. The molecule has 9 heteroatoms. The Labute approximate surface area is 121 Å². The van der Waals surface area contributed by atoms with Gasteiger partial charge in [0.1, 0.15) is 13.2 Å². The summed E-state index contributed by atoms with van der Waals surface area (Å²) in [6.45, 7) is -0.212. The molecule has 0 saturated carbocycles. The number of urea groups is 1. The van der Waals surface area contributed by atoms with Gasteiger partial charge in [-0.1, -0.05) is 0 Å². The SMILES string of the molecule is NC(=O)CC1CCN(C(=O)NC(=O)COCC(=O)O)CC1. The van der Waals surface area contributed by atoms with Crippen molar-refractivity contribution in [2.24, 2.45) is 11.7 Å². The first-order valence-corrected chi connectivity index (χ1v) is 6.55. The van der Waals surface area contributed by atoms with E-state index >= 15 is 0 Å². The number of piperidine rings is 1. The molecule has 1 saturated heterocycles. The smallest absolute Gasteiger partial charge is 0.329 e. The Morgan fingerprint density at radius 3 is 2.33 bits per heavy atom. The van der Waals surface area contributed by atoms with E-state index in [4.69, 9.17) is 10.8 Å². The van der Waals surface area contributed by atoms with Crippen molar-refractivity contribution in [1.82, 2.24) is 10.2 Å². The molecule has 1 heterocycles. The Kier molecular flexibility index (Phi) is 6.60. The molecule has 1 aliphatic rings. The van der Waals surface area contributed by atoms with Gasteiger partial charge in [0.05, 0.1) is 0 Å². The highest BCUT2D eigenvalue weighted by Crippen LogP contribution is 2.19. The largest absolute Gasteiger partial charge is 0.480 e. The highest BCUT2D eigenvalue weighted by Gasteiger charge is 2.24. The molecule has 0 radical (unpaired) electrons. The second-order valence-electron chi connectivity index (χ2n) is 4.84. The number of carboxylic acid groups (broad SMARTS) is 1. The zero-order valence-corrected chi connectivity index (χ0v) is 11.5. The van der Waals surface area contributed by atoms with Crippen molar-refractivity contribution in [3.63, 3.8) is 0 Å². The number of nitrogens with two attached hydrogens (primary N) is 1. The summed E-state index contributed by atoms with van der Waals surface area (Å²) in [6, 6.07) is -0.545. The maximum absolute atomic E-state index is 11.8. The van der Waals surface area contributed by atoms with Gasteiger partial charge in [-0.3, -0.25) is 14.9 Å². The number of amides is 4. The van der Waals surface area contributed by atoms with E-state index in [0.717, 1.165) is 0 Å². The fraction of sp³-hybridized carbons (Fsp3) is 0.667. The van der Waals surface area contributed by atoms with Crippen molar-refractivity contribution in [3.05, 3.63) is 0 Å². The van der Waals surface area contributed by atoms with Gasteiger partial charge in [-0.25, -0.2) is 9.59 Å². The normalized spacial score (nSPS) is 15.5. The molecule has 0 bridgehead atoms. The summed E-state index contributed by atoms with van der Waals surface area (Å²) in [7, 11) is 0. The molecule has 4 N–H and O–H groups in total. The van der Waals surface area contributed by atoms with Crippen molar-refractivity contribution in [2.75, 3.05) is 26.3 Å². The lowest BCUT2D eigenvalue weighted by atomic mass is 9.93. The van der Waals surface area contributed by atoms with E-state index in [9.17, 15) is 19.2 Å². The van der Waals surface area contributed by atoms with Crippen LogP contribution in [0, 0.1) is 5.92 Å². The lowest BCUT2D eigenvalue weighted by Gasteiger charge is -2.31. The first-order valence-electron chi connectivity index (χ1n) is 6.55. The Morgan fingerprint density at radius 2 is 1.81 bits per heavy atom. The van der Waals surface area contributed by atoms with Crippen molar-refractivity contribution < 1.29 is 29.0 Å². The molecular weight excluding hydrogens is 282 g/mol. The van der Waals surface area contributed by atoms with Crippen LogP contribution in [0.25, 0.3) is 0 Å². The molecule has 1 rings (SSSR count). The molecule has 0 aromatic heterocycles. The summed E-state index contributed by atoms with van der Waals surface area (Å²) < 4.78 is 4.57. The number of aliphatic carboxylic acids is 1. The van der Waals surface area contributed by atoms with E-state index < -0.39 is 31.1 Å². The Bertz CT molecular complexity index is 417. The second kappa shape index (κ2) is 8.20. The van der Waals surface area contributed by atoms with Gasteiger partial charge in [-0.15, -0.1) is 0 Å². The highest BCUT2D eigenvalue weighted by molar-refractivity contribution is 5.95. The van der Waals surface area contributed by atoms with Crippen LogP contribution >= 0.6 is 0 Å². The van der Waals surface area contributed by atoms with Crippen molar-refractivity contribution in [1.29, 1.82) is 0 Å². The summed E-state index contributed by atoms with van der Waals surface area (Å²) in [5, 5.41) is 10.5. The second-order valence-corrected chi connectivity index (χ2v) is 4.84. The molecule has 0 aromatic carbocycles. The molecular formula is C12H19N3O6. The molecule has 0 atom stereocenters. The third kappa shape index (κ3) is 6.70. The van der Waals surface area contributed by atoms with E-state index in [1.807, 2.05) is 0 Å². The molecule has 9 nitrogen and oxygen atoms in total. The molecule has 1 fully saturated rings. The van der Waals surface area contributed by atoms with E-state index in [2.05, 4.69) is 10.1 Å². The number of ether oxygens (including phenoxy) is 1. The highest BCUT2D eigenvalue weighted by atomic mass is 16.5. The van der Waals surface area contributed by atoms with Crippen LogP contribution in [0.15, 0.2) is 0 Å². The third-order valence-corrected chi connectivity index (χ3v) is 3.10. The van der Waals surface area contributed by atoms with E-state index in [-0.39, 0.29) is 11.8 Å². The Balaban J connectivity index is 2.25. The van der Waals surface area contributed by atoms with Crippen LogP contribution in [-0.2, 0) is 19.1 Å². The molecule has 4 amide bonds. The van der Waals surface area contributed by atoms with Gasteiger partial charge in [-0.2, -0.15) is 0 Å². The summed E-state index contributed by atoms with van der Waals surface area (Å²) in [6.07, 6.45) is 1.61. The summed E-state index contributed by atoms with van der Waals surface area (Å²) >= 11 is 0. The van der Waals surface area contributed by atoms with E-state index in [1.54, 1.807) is 0 Å². The third-order valence-electron chi connectivity index (χ3n) is 3.10. The lowest BCUT2D eigenvalue weighted by Crippen LogP contribution is -2.47. The fourth-order valence-electron chi connectivity index (χ4n) is 2.09. The Morgan fingerprint density at radius 1 is 1.19 bits per heavy atom. The minimum atomic E-state index is -1.19. The molecule has 0 unspecified atom stereocenters. The molecule has 0 aliphatic carbocycles. The lowest BCUT2D eigenvalue weighted by molar-refractivity contribution is -0.143. The molecule has 1 aliphatic heterocycles. The average molecular weight is 301 g/mol. The van der Waals surface area contributed by atoms with Crippen LogP contribution in [0.4, 0.5) is 4.79 Å². The monoisotopic (exact) mass is 301 g/mol. The molecule has 0 spiro atoms. The van der Waals surface area contributed by atoms with Gasteiger partial charge >= 0.3 is 12.0 Å². The zero-order valence-electron chi connectivity index (χ0n) is 11.5.